The topological polar surface area (TPSA) is 57.2 Å². The Morgan fingerprint density at radius 1 is 0.618 bits per heavy atom. The SMILES string of the molecule is CCCCCCCCS(=O)(=O)[O-].CCCc1ccc([S+](c2ccccc2)c2ccccc2)cc1. The van der Waals surface area contributed by atoms with Crippen LogP contribution in [0.5, 0.6) is 0 Å². The predicted molar refractivity (Wildman–Crippen MR) is 143 cm³/mol. The standard InChI is InChI=1S/C21H21S.C8H18O3S/c1-2-9-18-14-16-21(17-15-18)22(19-10-5-3-6-11-19)20-12-7-4-8-13-20;1-2-3-4-5-6-7-8-12(9,10)11/h3-8,10-17H,2,9H2,1H3;2-8H2,1H3,(H,9,10,11)/q+1;/p-1. The van der Waals surface area contributed by atoms with Crippen LogP contribution in [0.3, 0.4) is 0 Å². The fourth-order valence-electron chi connectivity index (χ4n) is 3.66. The molecule has 0 N–H and O–H groups in total. The number of unbranched alkanes of at least 4 members (excludes halogenated alkanes) is 5. The summed E-state index contributed by atoms with van der Waals surface area (Å²) in [5, 5.41) is 0. The van der Waals surface area contributed by atoms with Crippen LogP contribution in [0.25, 0.3) is 0 Å². The second-order valence-corrected chi connectivity index (χ2v) is 11.9. The molecule has 0 spiro atoms. The van der Waals surface area contributed by atoms with E-state index in [1.807, 2.05) is 0 Å². The summed E-state index contributed by atoms with van der Waals surface area (Å²) in [5.74, 6) is -0.195. The minimum Gasteiger partial charge on any atom is -0.748 e. The zero-order chi connectivity index (χ0) is 24.7. The molecule has 5 heteroatoms. The molecule has 3 aromatic rings. The highest BCUT2D eigenvalue weighted by Gasteiger charge is 2.27. The molecule has 0 unspecified atom stereocenters. The van der Waals surface area contributed by atoms with Crippen LogP contribution >= 0.6 is 0 Å². The van der Waals surface area contributed by atoms with Gasteiger partial charge < -0.3 is 4.55 Å². The molecule has 0 radical (unpaired) electrons. The Labute approximate surface area is 209 Å². The van der Waals surface area contributed by atoms with Gasteiger partial charge in [-0.15, -0.1) is 0 Å². The van der Waals surface area contributed by atoms with E-state index in [-0.39, 0.29) is 16.6 Å². The highest BCUT2D eigenvalue weighted by atomic mass is 32.2. The van der Waals surface area contributed by atoms with Gasteiger partial charge in [0.1, 0.15) is 0 Å². The van der Waals surface area contributed by atoms with Crippen LogP contribution in [-0.2, 0) is 27.4 Å². The summed E-state index contributed by atoms with van der Waals surface area (Å²) in [7, 11) is -3.99. The van der Waals surface area contributed by atoms with E-state index in [4.69, 9.17) is 0 Å². The van der Waals surface area contributed by atoms with Gasteiger partial charge in [-0.1, -0.05) is 101 Å². The van der Waals surface area contributed by atoms with E-state index in [1.54, 1.807) is 0 Å². The second-order valence-electron chi connectivity index (χ2n) is 8.36. The second kappa shape index (κ2) is 15.8. The van der Waals surface area contributed by atoms with E-state index >= 15 is 0 Å². The van der Waals surface area contributed by atoms with Gasteiger partial charge in [-0.05, 0) is 54.8 Å². The minimum atomic E-state index is -3.97. The zero-order valence-electron chi connectivity index (χ0n) is 20.5. The van der Waals surface area contributed by atoms with Gasteiger partial charge in [0.25, 0.3) is 0 Å². The molecular weight excluding hydrogens is 460 g/mol. The maximum Gasteiger partial charge on any atom is 0.166 e. The molecule has 0 saturated carbocycles. The largest absolute Gasteiger partial charge is 0.748 e. The maximum absolute atomic E-state index is 10.2. The summed E-state index contributed by atoms with van der Waals surface area (Å²) < 4.78 is 30.5. The lowest BCUT2D eigenvalue weighted by molar-refractivity contribution is 0.459. The molecule has 0 aliphatic rings. The smallest absolute Gasteiger partial charge is 0.166 e. The van der Waals surface area contributed by atoms with Crippen molar-refractivity contribution in [3.8, 4) is 0 Å². The molecule has 0 aromatic heterocycles. The minimum absolute atomic E-state index is 0.0268. The van der Waals surface area contributed by atoms with Gasteiger partial charge >= 0.3 is 0 Å². The Bertz CT molecular complexity index is 978. The van der Waals surface area contributed by atoms with Crippen molar-refractivity contribution >= 4 is 21.0 Å². The summed E-state index contributed by atoms with van der Waals surface area (Å²) in [6, 6.07) is 30.8. The summed E-state index contributed by atoms with van der Waals surface area (Å²) in [5.41, 5.74) is 1.43. The number of hydrogen-bond acceptors (Lipinski definition) is 3. The van der Waals surface area contributed by atoms with Gasteiger partial charge in [0, 0.05) is 5.75 Å². The monoisotopic (exact) mass is 498 g/mol. The lowest BCUT2D eigenvalue weighted by atomic mass is 10.1. The molecule has 0 bridgehead atoms. The van der Waals surface area contributed by atoms with Gasteiger partial charge in [-0.25, -0.2) is 8.42 Å². The van der Waals surface area contributed by atoms with E-state index in [0.717, 1.165) is 25.7 Å². The van der Waals surface area contributed by atoms with Gasteiger partial charge in [0.05, 0.1) is 21.0 Å². The molecule has 3 aromatic carbocycles. The average Bonchev–Trinajstić information content (AvgIpc) is 2.84. The summed E-state index contributed by atoms with van der Waals surface area (Å²) >= 11 is 0. The first-order valence-corrected chi connectivity index (χ1v) is 15.1. The Balaban J connectivity index is 0.000000292. The van der Waals surface area contributed by atoms with Crippen molar-refractivity contribution in [1.29, 1.82) is 0 Å². The Kier molecular flexibility index (Phi) is 13.0. The van der Waals surface area contributed by atoms with Gasteiger partial charge in [0.2, 0.25) is 0 Å². The van der Waals surface area contributed by atoms with E-state index in [1.165, 1.54) is 39.5 Å². The van der Waals surface area contributed by atoms with Crippen LogP contribution in [-0.4, -0.2) is 18.7 Å². The Hall–Kier alpha value is -2.08. The molecular formula is C29H38O3S2. The molecule has 0 amide bonds. The lowest BCUT2D eigenvalue weighted by Gasteiger charge is -2.08. The molecule has 0 aliphatic heterocycles. The van der Waals surface area contributed by atoms with Crippen LogP contribution in [0.15, 0.2) is 99.6 Å². The van der Waals surface area contributed by atoms with Crippen LogP contribution in [0.1, 0.15) is 64.4 Å². The van der Waals surface area contributed by atoms with Crippen molar-refractivity contribution in [2.45, 2.75) is 79.9 Å². The third kappa shape index (κ3) is 10.9. The van der Waals surface area contributed by atoms with Gasteiger partial charge in [-0.2, -0.15) is 0 Å². The average molecular weight is 499 g/mol. The van der Waals surface area contributed by atoms with Crippen molar-refractivity contribution in [3.63, 3.8) is 0 Å². The van der Waals surface area contributed by atoms with Crippen LogP contribution in [0, 0.1) is 0 Å². The van der Waals surface area contributed by atoms with Crippen LogP contribution < -0.4 is 0 Å². The maximum atomic E-state index is 10.2. The fourth-order valence-corrected chi connectivity index (χ4v) is 6.30. The molecule has 3 rings (SSSR count). The molecule has 0 saturated heterocycles. The third-order valence-electron chi connectivity index (χ3n) is 5.40. The number of rotatable bonds is 12. The van der Waals surface area contributed by atoms with Crippen LogP contribution in [0.4, 0.5) is 0 Å². The molecule has 0 fully saturated rings. The number of benzene rings is 3. The first kappa shape index (κ1) is 28.2. The number of aryl methyl sites for hydroxylation is 1. The van der Waals surface area contributed by atoms with Crippen molar-refractivity contribution in [2.75, 3.05) is 5.75 Å². The van der Waals surface area contributed by atoms with Crippen molar-refractivity contribution in [3.05, 3.63) is 90.5 Å². The first-order valence-electron chi connectivity index (χ1n) is 12.3. The normalized spacial score (nSPS) is 11.2. The van der Waals surface area contributed by atoms with Gasteiger partial charge in [0.15, 0.2) is 14.7 Å². The molecule has 0 aliphatic carbocycles. The predicted octanol–water partition coefficient (Wildman–Crippen LogP) is 7.63. The Morgan fingerprint density at radius 2 is 1.09 bits per heavy atom. The van der Waals surface area contributed by atoms with E-state index in [9.17, 15) is 13.0 Å². The molecule has 34 heavy (non-hydrogen) atoms. The molecule has 0 heterocycles. The van der Waals surface area contributed by atoms with Crippen molar-refractivity contribution in [1.82, 2.24) is 0 Å². The summed E-state index contributed by atoms with van der Waals surface area (Å²) in [4.78, 5) is 4.13. The highest BCUT2D eigenvalue weighted by Crippen LogP contribution is 2.31. The Morgan fingerprint density at radius 3 is 1.56 bits per heavy atom. The highest BCUT2D eigenvalue weighted by molar-refractivity contribution is 7.97. The van der Waals surface area contributed by atoms with Crippen molar-refractivity contribution in [2.24, 2.45) is 0 Å². The van der Waals surface area contributed by atoms with E-state index in [0.29, 0.717) is 6.42 Å². The van der Waals surface area contributed by atoms with Crippen LogP contribution in [0.2, 0.25) is 0 Å². The first-order chi connectivity index (χ1) is 16.4. The lowest BCUT2D eigenvalue weighted by Crippen LogP contribution is -2.04. The van der Waals surface area contributed by atoms with Crippen molar-refractivity contribution < 1.29 is 13.0 Å². The molecule has 184 valence electrons. The third-order valence-corrected chi connectivity index (χ3v) is 8.42. The van der Waals surface area contributed by atoms with E-state index in [2.05, 4.69) is 98.8 Å². The fraction of sp³-hybridized carbons (Fsp3) is 0.379. The zero-order valence-corrected chi connectivity index (χ0v) is 22.1. The quantitative estimate of drug-likeness (QED) is 0.147. The molecule has 3 nitrogen and oxygen atoms in total. The summed E-state index contributed by atoms with van der Waals surface area (Å²) in [6.45, 7) is 4.36. The number of hydrogen-bond donors (Lipinski definition) is 0. The van der Waals surface area contributed by atoms with Gasteiger partial charge in [-0.3, -0.25) is 0 Å². The van der Waals surface area contributed by atoms with E-state index < -0.39 is 10.1 Å². The molecule has 0 atom stereocenters. The summed E-state index contributed by atoms with van der Waals surface area (Å²) in [6.07, 6.45) is 8.31.